The van der Waals surface area contributed by atoms with Gasteiger partial charge in [-0.3, -0.25) is 9.48 Å². The lowest BCUT2D eigenvalue weighted by Crippen LogP contribution is -2.30. The molecule has 0 atom stereocenters. The molecule has 1 amide bonds. The fraction of sp³-hybridized carbons (Fsp3) is 0.200. The molecule has 2 aromatic carbocycles. The normalized spacial score (nSPS) is 10.4. The van der Waals surface area contributed by atoms with Crippen LogP contribution >= 0.6 is 0 Å². The summed E-state index contributed by atoms with van der Waals surface area (Å²) >= 11 is 0. The number of nitrogens with zero attached hydrogens (tertiary/aromatic N) is 3. The van der Waals surface area contributed by atoms with E-state index < -0.39 is 0 Å². The number of likely N-dealkylation sites (N-methyl/N-ethyl adjacent to an activating group) is 1. The van der Waals surface area contributed by atoms with E-state index >= 15 is 0 Å². The number of para-hydroxylation sites is 1. The molecule has 0 radical (unpaired) electrons. The molecule has 5 heteroatoms. The highest BCUT2D eigenvalue weighted by Gasteiger charge is 2.11. The Morgan fingerprint density at radius 3 is 2.52 bits per heavy atom. The second kappa shape index (κ2) is 8.15. The Hall–Kier alpha value is -3.08. The van der Waals surface area contributed by atoms with Crippen LogP contribution in [0.25, 0.3) is 0 Å². The van der Waals surface area contributed by atoms with Gasteiger partial charge in [0.05, 0.1) is 13.1 Å². The molecule has 0 bridgehead atoms. The van der Waals surface area contributed by atoms with E-state index in [9.17, 15) is 4.79 Å². The Morgan fingerprint density at radius 1 is 1.08 bits per heavy atom. The summed E-state index contributed by atoms with van der Waals surface area (Å²) in [6.07, 6.45) is 3.67. The Morgan fingerprint density at radius 2 is 1.84 bits per heavy atom. The third kappa shape index (κ3) is 4.70. The Kier molecular flexibility index (Phi) is 5.46. The van der Waals surface area contributed by atoms with Crippen molar-refractivity contribution in [2.24, 2.45) is 0 Å². The summed E-state index contributed by atoms with van der Waals surface area (Å²) in [4.78, 5) is 14.1. The highest BCUT2D eigenvalue weighted by Crippen LogP contribution is 2.10. The Balaban J connectivity index is 1.51. The summed E-state index contributed by atoms with van der Waals surface area (Å²) in [7, 11) is 1.79. The van der Waals surface area contributed by atoms with Gasteiger partial charge in [0, 0.05) is 25.0 Å². The van der Waals surface area contributed by atoms with Gasteiger partial charge >= 0.3 is 0 Å². The van der Waals surface area contributed by atoms with Gasteiger partial charge in [0.1, 0.15) is 12.4 Å². The Labute approximate surface area is 147 Å². The first-order valence-corrected chi connectivity index (χ1v) is 8.22. The van der Waals surface area contributed by atoms with Gasteiger partial charge in [-0.2, -0.15) is 5.10 Å². The van der Waals surface area contributed by atoms with Crippen molar-refractivity contribution in [3.05, 3.63) is 84.2 Å². The molecule has 3 aromatic rings. The number of amides is 1. The third-order valence-electron chi connectivity index (χ3n) is 3.89. The van der Waals surface area contributed by atoms with Crippen LogP contribution in [0.15, 0.2) is 73.1 Å². The standard InChI is InChI=1S/C20H21N3O2/c1-22(14-15-25-19-6-3-2-4-7-19)20(24)18-10-8-17(9-11-18)16-23-13-5-12-21-23/h2-13H,14-16H2,1H3. The van der Waals surface area contributed by atoms with Crippen LogP contribution in [-0.4, -0.2) is 40.8 Å². The topological polar surface area (TPSA) is 47.4 Å². The maximum absolute atomic E-state index is 12.5. The number of hydrogen-bond donors (Lipinski definition) is 0. The number of carbonyl (C=O) groups is 1. The summed E-state index contributed by atoms with van der Waals surface area (Å²) in [6.45, 7) is 1.69. The average Bonchev–Trinajstić information content (AvgIpc) is 3.15. The maximum atomic E-state index is 12.5. The van der Waals surface area contributed by atoms with Crippen LogP contribution in [0.1, 0.15) is 15.9 Å². The van der Waals surface area contributed by atoms with Crippen LogP contribution in [0.4, 0.5) is 0 Å². The minimum absolute atomic E-state index is 0.0118. The molecule has 0 unspecified atom stereocenters. The zero-order valence-electron chi connectivity index (χ0n) is 14.2. The van der Waals surface area contributed by atoms with Gasteiger partial charge in [0.2, 0.25) is 0 Å². The molecule has 0 spiro atoms. The van der Waals surface area contributed by atoms with Gasteiger partial charge in [0.25, 0.3) is 5.91 Å². The molecule has 0 fully saturated rings. The quantitative estimate of drug-likeness (QED) is 0.667. The van der Waals surface area contributed by atoms with E-state index in [1.165, 1.54) is 0 Å². The van der Waals surface area contributed by atoms with Crippen molar-refractivity contribution in [2.45, 2.75) is 6.54 Å². The smallest absolute Gasteiger partial charge is 0.253 e. The minimum Gasteiger partial charge on any atom is -0.492 e. The van der Waals surface area contributed by atoms with Crippen LogP contribution in [0.5, 0.6) is 5.75 Å². The molecule has 128 valence electrons. The number of carbonyl (C=O) groups excluding carboxylic acids is 1. The van der Waals surface area contributed by atoms with Gasteiger partial charge in [-0.25, -0.2) is 0 Å². The van der Waals surface area contributed by atoms with Gasteiger partial charge < -0.3 is 9.64 Å². The van der Waals surface area contributed by atoms with E-state index in [1.54, 1.807) is 18.1 Å². The van der Waals surface area contributed by atoms with Crippen LogP contribution in [0.2, 0.25) is 0 Å². The largest absolute Gasteiger partial charge is 0.492 e. The molecular formula is C20H21N3O2. The molecular weight excluding hydrogens is 314 g/mol. The van der Waals surface area contributed by atoms with Crippen molar-refractivity contribution in [3.8, 4) is 5.75 Å². The van der Waals surface area contributed by atoms with Crippen LogP contribution in [-0.2, 0) is 6.54 Å². The number of rotatable bonds is 7. The summed E-state index contributed by atoms with van der Waals surface area (Å²) in [5.74, 6) is 0.800. The number of ether oxygens (including phenoxy) is 1. The van der Waals surface area contributed by atoms with Crippen LogP contribution in [0.3, 0.4) is 0 Å². The van der Waals surface area contributed by atoms with Crippen LogP contribution in [0, 0.1) is 0 Å². The van der Waals surface area contributed by atoms with Crippen molar-refractivity contribution in [2.75, 3.05) is 20.2 Å². The molecule has 0 aliphatic rings. The monoisotopic (exact) mass is 335 g/mol. The Bertz CT molecular complexity index is 784. The van der Waals surface area contributed by atoms with Gasteiger partial charge in [0.15, 0.2) is 0 Å². The lowest BCUT2D eigenvalue weighted by molar-refractivity contribution is 0.0774. The van der Waals surface area contributed by atoms with Crippen molar-refractivity contribution >= 4 is 5.91 Å². The SMILES string of the molecule is CN(CCOc1ccccc1)C(=O)c1ccc(Cn2cccn2)cc1. The molecule has 0 aliphatic heterocycles. The van der Waals surface area contributed by atoms with E-state index in [2.05, 4.69) is 5.10 Å². The first-order chi connectivity index (χ1) is 12.2. The second-order valence-corrected chi connectivity index (χ2v) is 5.79. The molecule has 3 rings (SSSR count). The van der Waals surface area contributed by atoms with Crippen molar-refractivity contribution in [1.82, 2.24) is 14.7 Å². The van der Waals surface area contributed by atoms with Crippen molar-refractivity contribution in [1.29, 1.82) is 0 Å². The van der Waals surface area contributed by atoms with E-state index in [-0.39, 0.29) is 5.91 Å². The minimum atomic E-state index is -0.0118. The number of hydrogen-bond acceptors (Lipinski definition) is 3. The predicted octanol–water partition coefficient (Wildman–Crippen LogP) is 3.08. The van der Waals surface area contributed by atoms with Gasteiger partial charge in [-0.1, -0.05) is 30.3 Å². The van der Waals surface area contributed by atoms with E-state index in [0.29, 0.717) is 25.3 Å². The van der Waals surface area contributed by atoms with Gasteiger partial charge in [-0.15, -0.1) is 0 Å². The lowest BCUT2D eigenvalue weighted by atomic mass is 10.1. The molecule has 0 aliphatic carbocycles. The maximum Gasteiger partial charge on any atom is 0.253 e. The van der Waals surface area contributed by atoms with E-state index in [1.807, 2.05) is 71.5 Å². The zero-order valence-corrected chi connectivity index (χ0v) is 14.2. The van der Waals surface area contributed by atoms with E-state index in [0.717, 1.165) is 11.3 Å². The van der Waals surface area contributed by atoms with Crippen LogP contribution < -0.4 is 4.74 Å². The molecule has 0 saturated carbocycles. The second-order valence-electron chi connectivity index (χ2n) is 5.79. The number of benzene rings is 2. The molecule has 5 nitrogen and oxygen atoms in total. The average molecular weight is 335 g/mol. The molecule has 0 N–H and O–H groups in total. The highest BCUT2D eigenvalue weighted by molar-refractivity contribution is 5.94. The van der Waals surface area contributed by atoms with E-state index in [4.69, 9.17) is 4.74 Å². The highest BCUT2D eigenvalue weighted by atomic mass is 16.5. The fourth-order valence-electron chi connectivity index (χ4n) is 2.47. The fourth-order valence-corrected chi connectivity index (χ4v) is 2.47. The van der Waals surface area contributed by atoms with Crippen molar-refractivity contribution in [3.63, 3.8) is 0 Å². The molecule has 1 aromatic heterocycles. The summed E-state index contributed by atoms with van der Waals surface area (Å²) in [6, 6.07) is 19.1. The summed E-state index contributed by atoms with van der Waals surface area (Å²) in [5.41, 5.74) is 1.78. The van der Waals surface area contributed by atoms with Gasteiger partial charge in [-0.05, 0) is 35.9 Å². The van der Waals surface area contributed by atoms with Crippen molar-refractivity contribution < 1.29 is 9.53 Å². The lowest BCUT2D eigenvalue weighted by Gasteiger charge is -2.17. The summed E-state index contributed by atoms with van der Waals surface area (Å²) < 4.78 is 7.49. The predicted molar refractivity (Wildman–Crippen MR) is 96.7 cm³/mol. The summed E-state index contributed by atoms with van der Waals surface area (Å²) in [5, 5.41) is 4.18. The molecule has 0 saturated heterocycles. The zero-order chi connectivity index (χ0) is 17.5. The number of aromatic nitrogens is 2. The molecule has 25 heavy (non-hydrogen) atoms. The third-order valence-corrected chi connectivity index (χ3v) is 3.89. The first-order valence-electron chi connectivity index (χ1n) is 8.22. The molecule has 1 heterocycles. The first kappa shape index (κ1) is 16.8.